The van der Waals surface area contributed by atoms with Gasteiger partial charge in [-0.1, -0.05) is 18.2 Å². The van der Waals surface area contributed by atoms with E-state index in [1.165, 1.54) is 0 Å². The predicted molar refractivity (Wildman–Crippen MR) is 106 cm³/mol. The molecule has 3 heterocycles. The molecule has 0 amide bonds. The van der Waals surface area contributed by atoms with Crippen molar-refractivity contribution in [3.05, 3.63) is 66.6 Å². The van der Waals surface area contributed by atoms with Gasteiger partial charge in [-0.2, -0.15) is 0 Å². The van der Waals surface area contributed by atoms with E-state index in [0.29, 0.717) is 29.6 Å². The number of hydrogen-bond donors (Lipinski definition) is 0. The van der Waals surface area contributed by atoms with Gasteiger partial charge in [0.05, 0.1) is 29.6 Å². The standard InChI is InChI=1S/C20H20N4O3S/c25-28(26,18-4-2-1-3-5-18)15-17-7-6-16(14-22-17)20-21-9-8-19(23-20)24-10-12-27-13-11-24/h1-9,14H,10-13,15H2. The summed E-state index contributed by atoms with van der Waals surface area (Å²) in [5.74, 6) is 1.27. The maximum Gasteiger partial charge on any atom is 0.184 e. The molecule has 28 heavy (non-hydrogen) atoms. The van der Waals surface area contributed by atoms with E-state index in [1.54, 1.807) is 54.9 Å². The van der Waals surface area contributed by atoms with Gasteiger partial charge in [0.15, 0.2) is 15.7 Å². The molecule has 0 radical (unpaired) electrons. The van der Waals surface area contributed by atoms with Crippen LogP contribution in [0, 0.1) is 0 Å². The quantitative estimate of drug-likeness (QED) is 0.654. The van der Waals surface area contributed by atoms with Gasteiger partial charge in [0, 0.05) is 31.0 Å². The average molecular weight is 396 g/mol. The molecule has 3 aromatic rings. The second-order valence-electron chi connectivity index (χ2n) is 6.45. The topological polar surface area (TPSA) is 85.3 Å². The third kappa shape index (κ3) is 4.18. The number of nitrogens with zero attached hydrogens (tertiary/aromatic N) is 4. The van der Waals surface area contributed by atoms with Crippen molar-refractivity contribution in [1.82, 2.24) is 15.0 Å². The largest absolute Gasteiger partial charge is 0.378 e. The smallest absolute Gasteiger partial charge is 0.184 e. The zero-order valence-electron chi connectivity index (χ0n) is 15.2. The van der Waals surface area contributed by atoms with Gasteiger partial charge in [0.1, 0.15) is 5.82 Å². The molecule has 0 atom stereocenters. The highest BCUT2D eigenvalue weighted by atomic mass is 32.2. The molecule has 0 aliphatic carbocycles. The Morgan fingerprint density at radius 2 is 1.75 bits per heavy atom. The highest BCUT2D eigenvalue weighted by Crippen LogP contribution is 2.20. The Labute approximate surface area is 164 Å². The van der Waals surface area contributed by atoms with Crippen molar-refractivity contribution in [2.75, 3.05) is 31.2 Å². The minimum absolute atomic E-state index is 0.147. The molecule has 1 fully saturated rings. The van der Waals surface area contributed by atoms with Crippen molar-refractivity contribution < 1.29 is 13.2 Å². The van der Waals surface area contributed by atoms with E-state index in [2.05, 4.69) is 19.9 Å². The van der Waals surface area contributed by atoms with Crippen molar-refractivity contribution >= 4 is 15.7 Å². The first kappa shape index (κ1) is 18.5. The summed E-state index contributed by atoms with van der Waals surface area (Å²) in [4.78, 5) is 15.7. The fourth-order valence-electron chi connectivity index (χ4n) is 3.00. The molecular formula is C20H20N4O3S. The van der Waals surface area contributed by atoms with Gasteiger partial charge in [0.2, 0.25) is 0 Å². The van der Waals surface area contributed by atoms with Crippen LogP contribution in [0.4, 0.5) is 5.82 Å². The van der Waals surface area contributed by atoms with Crippen LogP contribution in [0.3, 0.4) is 0 Å². The highest BCUT2D eigenvalue weighted by molar-refractivity contribution is 7.90. The summed E-state index contributed by atoms with van der Waals surface area (Å²) in [6, 6.07) is 13.8. The lowest BCUT2D eigenvalue weighted by Gasteiger charge is -2.27. The van der Waals surface area contributed by atoms with E-state index in [-0.39, 0.29) is 5.75 Å². The van der Waals surface area contributed by atoms with Crippen molar-refractivity contribution in [2.24, 2.45) is 0 Å². The molecule has 1 aliphatic heterocycles. The number of ether oxygens (including phenoxy) is 1. The zero-order valence-corrected chi connectivity index (χ0v) is 16.0. The van der Waals surface area contributed by atoms with Crippen LogP contribution in [-0.4, -0.2) is 49.7 Å². The molecule has 1 aliphatic rings. The van der Waals surface area contributed by atoms with Crippen molar-refractivity contribution in [3.8, 4) is 11.4 Å². The Morgan fingerprint density at radius 1 is 0.964 bits per heavy atom. The average Bonchev–Trinajstić information content (AvgIpc) is 2.75. The Bertz CT molecular complexity index is 1030. The second kappa shape index (κ2) is 8.04. The molecule has 0 saturated carbocycles. The highest BCUT2D eigenvalue weighted by Gasteiger charge is 2.17. The van der Waals surface area contributed by atoms with E-state index in [1.807, 2.05) is 6.07 Å². The zero-order chi connectivity index (χ0) is 19.4. The molecular weight excluding hydrogens is 376 g/mol. The van der Waals surface area contributed by atoms with E-state index in [0.717, 1.165) is 24.5 Å². The summed E-state index contributed by atoms with van der Waals surface area (Å²) in [6.07, 6.45) is 3.34. The number of anilines is 1. The molecule has 1 aromatic carbocycles. The van der Waals surface area contributed by atoms with Crippen LogP contribution in [0.15, 0.2) is 65.8 Å². The van der Waals surface area contributed by atoms with Crippen molar-refractivity contribution in [1.29, 1.82) is 0 Å². The maximum absolute atomic E-state index is 12.5. The van der Waals surface area contributed by atoms with Crippen LogP contribution < -0.4 is 4.90 Å². The fourth-order valence-corrected chi connectivity index (χ4v) is 4.30. The Kier molecular flexibility index (Phi) is 5.31. The summed E-state index contributed by atoms with van der Waals surface area (Å²) in [7, 11) is -3.42. The maximum atomic E-state index is 12.5. The summed E-state index contributed by atoms with van der Waals surface area (Å²) in [5, 5.41) is 0. The predicted octanol–water partition coefficient (Wildman–Crippen LogP) is 2.35. The molecule has 144 valence electrons. The fraction of sp³-hybridized carbons (Fsp3) is 0.250. The van der Waals surface area contributed by atoms with E-state index < -0.39 is 9.84 Å². The van der Waals surface area contributed by atoms with Gasteiger partial charge in [-0.15, -0.1) is 0 Å². The van der Waals surface area contributed by atoms with Crippen LogP contribution in [0.5, 0.6) is 0 Å². The first-order valence-corrected chi connectivity index (χ1v) is 10.7. The number of rotatable bonds is 5. The minimum Gasteiger partial charge on any atom is -0.378 e. The van der Waals surface area contributed by atoms with Gasteiger partial charge in [0.25, 0.3) is 0 Å². The number of morpholine rings is 1. The van der Waals surface area contributed by atoms with Gasteiger partial charge in [-0.3, -0.25) is 4.98 Å². The first-order chi connectivity index (χ1) is 13.6. The molecule has 2 aromatic heterocycles. The molecule has 4 rings (SSSR count). The number of aromatic nitrogens is 3. The van der Waals surface area contributed by atoms with E-state index >= 15 is 0 Å². The molecule has 8 heteroatoms. The Hall–Kier alpha value is -2.84. The summed E-state index contributed by atoms with van der Waals surface area (Å²) >= 11 is 0. The van der Waals surface area contributed by atoms with E-state index in [9.17, 15) is 8.42 Å². The molecule has 1 saturated heterocycles. The van der Waals surface area contributed by atoms with Crippen LogP contribution >= 0.6 is 0 Å². The Balaban J connectivity index is 1.52. The van der Waals surface area contributed by atoms with Crippen molar-refractivity contribution in [3.63, 3.8) is 0 Å². The summed E-state index contributed by atoms with van der Waals surface area (Å²) in [6.45, 7) is 2.97. The van der Waals surface area contributed by atoms with Gasteiger partial charge in [-0.05, 0) is 30.3 Å². The summed E-state index contributed by atoms with van der Waals surface area (Å²) < 4.78 is 30.4. The second-order valence-corrected chi connectivity index (χ2v) is 8.44. The van der Waals surface area contributed by atoms with Gasteiger partial charge >= 0.3 is 0 Å². The van der Waals surface area contributed by atoms with Crippen LogP contribution in [-0.2, 0) is 20.3 Å². The minimum atomic E-state index is -3.42. The van der Waals surface area contributed by atoms with Crippen LogP contribution in [0.2, 0.25) is 0 Å². The molecule has 0 N–H and O–H groups in total. The van der Waals surface area contributed by atoms with Crippen LogP contribution in [0.1, 0.15) is 5.69 Å². The number of pyridine rings is 1. The van der Waals surface area contributed by atoms with Crippen LogP contribution in [0.25, 0.3) is 11.4 Å². The SMILES string of the molecule is O=S(=O)(Cc1ccc(-c2nccc(N3CCOCC3)n2)cn1)c1ccccc1. The third-order valence-corrected chi connectivity index (χ3v) is 6.17. The third-order valence-electron chi connectivity index (χ3n) is 4.50. The number of hydrogen-bond acceptors (Lipinski definition) is 7. The first-order valence-electron chi connectivity index (χ1n) is 9.01. The lowest BCUT2D eigenvalue weighted by atomic mass is 10.2. The normalized spacial score (nSPS) is 14.8. The summed E-state index contributed by atoms with van der Waals surface area (Å²) in [5.41, 5.74) is 1.23. The van der Waals surface area contributed by atoms with E-state index in [4.69, 9.17) is 4.74 Å². The molecule has 0 spiro atoms. The number of sulfone groups is 1. The van der Waals surface area contributed by atoms with Gasteiger partial charge < -0.3 is 9.64 Å². The molecule has 0 unspecified atom stereocenters. The lowest BCUT2D eigenvalue weighted by molar-refractivity contribution is 0.122. The Morgan fingerprint density at radius 3 is 2.46 bits per heavy atom. The number of benzene rings is 1. The molecule has 7 nitrogen and oxygen atoms in total. The monoisotopic (exact) mass is 396 g/mol. The lowest BCUT2D eigenvalue weighted by Crippen LogP contribution is -2.36. The van der Waals surface area contributed by atoms with Gasteiger partial charge in [-0.25, -0.2) is 18.4 Å². The van der Waals surface area contributed by atoms with Crippen molar-refractivity contribution in [2.45, 2.75) is 10.6 Å². The molecule has 0 bridgehead atoms.